The van der Waals surface area contributed by atoms with Crippen molar-refractivity contribution in [3.63, 3.8) is 0 Å². The number of fused-ring (bicyclic) bond motifs is 5. The van der Waals surface area contributed by atoms with Crippen LogP contribution in [0.5, 0.6) is 0 Å². The zero-order valence-corrected chi connectivity index (χ0v) is 25.1. The molecule has 0 spiro atoms. The molecule has 3 nitrogen and oxygen atoms in total. The van der Waals surface area contributed by atoms with Crippen molar-refractivity contribution in [3.05, 3.63) is 11.6 Å². The average Bonchev–Trinajstić information content (AvgIpc) is 3.15. The van der Waals surface area contributed by atoms with Crippen molar-refractivity contribution in [1.29, 1.82) is 0 Å². The van der Waals surface area contributed by atoms with Gasteiger partial charge in [-0.25, -0.2) is 0 Å². The zero-order valence-electron chi connectivity index (χ0n) is 24.1. The fraction of sp³-hybridized carbons (Fsp3) is 0.903. The standard InChI is InChI=1S/C31H54O3Si/c1-21(10-9-11-22(2)29(32)33-5)26-14-15-27-25-13-12-23-20-24(34-35(6,7)8)16-18-30(23,3)28(25)17-19-31(26,27)4/h12,21-22,24-28H,9-11,13-20H2,1-8H3/t21-,22-,24+,25+,26-,27+,28+,30+,31-/m1/s1. The summed E-state index contributed by atoms with van der Waals surface area (Å²) in [5.74, 6) is 4.24. The molecule has 35 heavy (non-hydrogen) atoms. The number of methoxy groups -OCH3 is 1. The molecule has 0 aromatic heterocycles. The fourth-order valence-corrected chi connectivity index (χ4v) is 10.7. The van der Waals surface area contributed by atoms with Gasteiger partial charge in [0, 0.05) is 6.10 Å². The molecule has 0 heterocycles. The first-order chi connectivity index (χ1) is 16.4. The first kappa shape index (κ1) is 27.4. The van der Waals surface area contributed by atoms with Gasteiger partial charge in [-0.1, -0.05) is 52.2 Å². The van der Waals surface area contributed by atoms with Crippen LogP contribution in [0.1, 0.15) is 98.3 Å². The molecule has 4 aliphatic carbocycles. The molecule has 3 fully saturated rings. The Morgan fingerprint density at radius 1 is 1.06 bits per heavy atom. The van der Waals surface area contributed by atoms with Gasteiger partial charge in [0.1, 0.15) is 0 Å². The van der Waals surface area contributed by atoms with E-state index in [2.05, 4.69) is 46.5 Å². The van der Waals surface area contributed by atoms with Crippen molar-refractivity contribution >= 4 is 14.3 Å². The molecule has 4 rings (SSSR count). The summed E-state index contributed by atoms with van der Waals surface area (Å²) < 4.78 is 11.5. The Bertz CT molecular complexity index is 800. The van der Waals surface area contributed by atoms with E-state index in [1.54, 1.807) is 5.57 Å². The second kappa shape index (κ2) is 10.3. The maximum atomic E-state index is 11.8. The molecular formula is C31H54O3Si. The lowest BCUT2D eigenvalue weighted by Gasteiger charge is -2.58. The van der Waals surface area contributed by atoms with Gasteiger partial charge in [-0.2, -0.15) is 0 Å². The van der Waals surface area contributed by atoms with Gasteiger partial charge in [0.05, 0.1) is 13.0 Å². The van der Waals surface area contributed by atoms with Crippen LogP contribution in [0.15, 0.2) is 11.6 Å². The Kier molecular flexibility index (Phi) is 8.05. The lowest BCUT2D eigenvalue weighted by molar-refractivity contribution is -0.145. The van der Waals surface area contributed by atoms with Gasteiger partial charge >= 0.3 is 5.97 Å². The highest BCUT2D eigenvalue weighted by molar-refractivity contribution is 6.69. The first-order valence-electron chi connectivity index (χ1n) is 14.8. The van der Waals surface area contributed by atoms with Gasteiger partial charge < -0.3 is 9.16 Å². The fourth-order valence-electron chi connectivity index (χ4n) is 9.47. The van der Waals surface area contributed by atoms with Crippen molar-refractivity contribution < 1.29 is 14.0 Å². The van der Waals surface area contributed by atoms with E-state index in [9.17, 15) is 4.79 Å². The minimum absolute atomic E-state index is 0.0322. The average molecular weight is 503 g/mol. The monoisotopic (exact) mass is 502 g/mol. The first-order valence-corrected chi connectivity index (χ1v) is 18.2. The van der Waals surface area contributed by atoms with E-state index >= 15 is 0 Å². The molecule has 0 bridgehead atoms. The van der Waals surface area contributed by atoms with Crippen LogP contribution in [0.4, 0.5) is 0 Å². The van der Waals surface area contributed by atoms with Crippen LogP contribution in [0.2, 0.25) is 19.6 Å². The third-order valence-corrected chi connectivity index (χ3v) is 12.3. The number of ether oxygens (including phenoxy) is 1. The Balaban J connectivity index is 1.41. The zero-order chi connectivity index (χ0) is 25.6. The van der Waals surface area contributed by atoms with Crippen LogP contribution in [0, 0.1) is 46.3 Å². The van der Waals surface area contributed by atoms with Crippen molar-refractivity contribution in [2.75, 3.05) is 7.11 Å². The summed E-state index contributed by atoms with van der Waals surface area (Å²) in [5, 5.41) is 0. The van der Waals surface area contributed by atoms with E-state index in [0.29, 0.717) is 16.9 Å². The minimum atomic E-state index is -1.48. The molecule has 3 saturated carbocycles. The van der Waals surface area contributed by atoms with E-state index in [1.165, 1.54) is 64.9 Å². The summed E-state index contributed by atoms with van der Waals surface area (Å²) in [7, 11) is 0.0278. The van der Waals surface area contributed by atoms with Crippen molar-refractivity contribution in [1.82, 2.24) is 0 Å². The second-order valence-electron chi connectivity index (χ2n) is 14.4. The van der Waals surface area contributed by atoms with Crippen molar-refractivity contribution in [2.24, 2.45) is 46.3 Å². The van der Waals surface area contributed by atoms with Crippen molar-refractivity contribution in [2.45, 2.75) is 124 Å². The number of allylic oxidation sites excluding steroid dienone is 1. The van der Waals surface area contributed by atoms with Crippen LogP contribution >= 0.6 is 0 Å². The van der Waals surface area contributed by atoms with E-state index in [-0.39, 0.29) is 11.9 Å². The van der Waals surface area contributed by atoms with Crippen LogP contribution in [-0.2, 0) is 14.0 Å². The number of hydrogen-bond acceptors (Lipinski definition) is 3. The van der Waals surface area contributed by atoms with Gasteiger partial charge in [-0.05, 0) is 118 Å². The second-order valence-corrected chi connectivity index (χ2v) is 18.9. The smallest absolute Gasteiger partial charge is 0.308 e. The SMILES string of the molecule is COC(=O)[C@H](C)CCC[C@@H](C)[C@H]1CC[C@H]2[C@@H]3CC=C4C[C@@H](O[Si](C)(C)C)CC[C@]4(C)[C@H]3CC[C@]12C. The molecule has 9 atom stereocenters. The number of carbonyl (C=O) groups is 1. The lowest BCUT2D eigenvalue weighted by atomic mass is 9.47. The highest BCUT2D eigenvalue weighted by Gasteiger charge is 2.59. The molecule has 0 radical (unpaired) electrons. The largest absolute Gasteiger partial charge is 0.469 e. The molecule has 4 heteroatoms. The van der Waals surface area contributed by atoms with Gasteiger partial charge in [0.25, 0.3) is 0 Å². The van der Waals surface area contributed by atoms with E-state index in [4.69, 9.17) is 9.16 Å². The molecule has 4 aliphatic rings. The van der Waals surface area contributed by atoms with E-state index in [0.717, 1.165) is 42.4 Å². The quantitative estimate of drug-likeness (QED) is 0.190. The Labute approximate surface area is 217 Å². The Hall–Kier alpha value is -0.613. The van der Waals surface area contributed by atoms with E-state index < -0.39 is 8.32 Å². The molecule has 0 aliphatic heterocycles. The van der Waals surface area contributed by atoms with Gasteiger partial charge in [0.2, 0.25) is 0 Å². The van der Waals surface area contributed by atoms with Crippen LogP contribution in [-0.4, -0.2) is 27.5 Å². The summed E-state index contributed by atoms with van der Waals surface area (Å²) in [5.41, 5.74) is 2.67. The van der Waals surface area contributed by atoms with Gasteiger partial charge in [-0.15, -0.1) is 0 Å². The number of hydrogen-bond donors (Lipinski definition) is 0. The lowest BCUT2D eigenvalue weighted by Crippen LogP contribution is -2.51. The number of carbonyl (C=O) groups excluding carboxylic acids is 1. The normalized spacial score (nSPS) is 40.7. The molecule has 0 saturated heterocycles. The molecule has 0 N–H and O–H groups in total. The van der Waals surface area contributed by atoms with Gasteiger partial charge in [0.15, 0.2) is 8.32 Å². The number of rotatable bonds is 8. The Morgan fingerprint density at radius 3 is 2.49 bits per heavy atom. The molecular weight excluding hydrogens is 448 g/mol. The van der Waals surface area contributed by atoms with Crippen molar-refractivity contribution in [3.8, 4) is 0 Å². The highest BCUT2D eigenvalue weighted by Crippen LogP contribution is 2.67. The predicted octanol–water partition coefficient (Wildman–Crippen LogP) is 8.40. The van der Waals surface area contributed by atoms with Crippen LogP contribution in [0.3, 0.4) is 0 Å². The van der Waals surface area contributed by atoms with Crippen LogP contribution < -0.4 is 0 Å². The molecule has 0 amide bonds. The molecule has 200 valence electrons. The summed E-state index contributed by atoms with van der Waals surface area (Å²) in [6.45, 7) is 16.8. The summed E-state index contributed by atoms with van der Waals surface area (Å²) in [4.78, 5) is 11.8. The summed E-state index contributed by atoms with van der Waals surface area (Å²) in [6.07, 6.45) is 17.3. The van der Waals surface area contributed by atoms with E-state index in [1.807, 2.05) is 6.92 Å². The Morgan fingerprint density at radius 2 is 1.80 bits per heavy atom. The summed E-state index contributed by atoms with van der Waals surface area (Å²) in [6, 6.07) is 0. The topological polar surface area (TPSA) is 35.5 Å². The maximum Gasteiger partial charge on any atom is 0.308 e. The summed E-state index contributed by atoms with van der Waals surface area (Å²) >= 11 is 0. The van der Waals surface area contributed by atoms with Gasteiger partial charge in [-0.3, -0.25) is 4.79 Å². The molecule has 0 aromatic rings. The maximum absolute atomic E-state index is 11.8. The molecule has 0 aromatic carbocycles. The third-order valence-electron chi connectivity index (χ3n) is 11.2. The molecule has 0 unspecified atom stereocenters. The highest BCUT2D eigenvalue weighted by atomic mass is 28.4. The minimum Gasteiger partial charge on any atom is -0.469 e. The number of esters is 1. The third kappa shape index (κ3) is 5.35. The van der Waals surface area contributed by atoms with Crippen LogP contribution in [0.25, 0.3) is 0 Å². The predicted molar refractivity (Wildman–Crippen MR) is 148 cm³/mol.